The van der Waals surface area contributed by atoms with Crippen LogP contribution in [0.1, 0.15) is 46.0 Å². The molecule has 0 aromatic rings. The fourth-order valence-corrected chi connectivity index (χ4v) is 2.48. The van der Waals surface area contributed by atoms with Gasteiger partial charge in [-0.2, -0.15) is 0 Å². The van der Waals surface area contributed by atoms with Crippen LogP contribution in [0.15, 0.2) is 0 Å². The number of hydrogen-bond donors (Lipinski definition) is 2. The van der Waals surface area contributed by atoms with Gasteiger partial charge in [0, 0.05) is 6.04 Å². The molecule has 1 aliphatic rings. The monoisotopic (exact) mass is 199 g/mol. The summed E-state index contributed by atoms with van der Waals surface area (Å²) < 4.78 is 0. The molecule has 0 aliphatic heterocycles. The maximum Gasteiger partial charge on any atom is 0.309 e. The first-order valence-electron chi connectivity index (χ1n) is 5.45. The van der Waals surface area contributed by atoms with Crippen LogP contribution < -0.4 is 5.73 Å². The van der Waals surface area contributed by atoms with Crippen molar-refractivity contribution in [2.24, 2.45) is 17.1 Å². The Kier molecular flexibility index (Phi) is 3.53. The molecule has 3 nitrogen and oxygen atoms in total. The van der Waals surface area contributed by atoms with Gasteiger partial charge in [-0.15, -0.1) is 0 Å². The van der Waals surface area contributed by atoms with Gasteiger partial charge in [0.25, 0.3) is 0 Å². The molecule has 0 spiro atoms. The average Bonchev–Trinajstić information content (AvgIpc) is 2.08. The molecule has 0 unspecified atom stereocenters. The summed E-state index contributed by atoms with van der Waals surface area (Å²) in [4.78, 5) is 11.3. The first-order valence-corrected chi connectivity index (χ1v) is 5.45. The molecule has 0 amide bonds. The lowest BCUT2D eigenvalue weighted by molar-refractivity contribution is -0.152. The summed E-state index contributed by atoms with van der Waals surface area (Å²) in [7, 11) is 0. The standard InChI is InChI=1S/C11H21NO2/c1-8(2)7-11(10(13)14)5-3-9(12)4-6-11/h8-9H,3-7,12H2,1-2H3,(H,13,14). The van der Waals surface area contributed by atoms with Crippen molar-refractivity contribution in [3.63, 3.8) is 0 Å². The molecule has 3 heteroatoms. The van der Waals surface area contributed by atoms with Crippen LogP contribution in [-0.4, -0.2) is 17.1 Å². The van der Waals surface area contributed by atoms with E-state index in [1.54, 1.807) is 0 Å². The maximum absolute atomic E-state index is 11.3. The minimum absolute atomic E-state index is 0.217. The number of rotatable bonds is 3. The molecule has 82 valence electrons. The van der Waals surface area contributed by atoms with E-state index < -0.39 is 11.4 Å². The van der Waals surface area contributed by atoms with Crippen molar-refractivity contribution in [3.8, 4) is 0 Å². The molecule has 3 N–H and O–H groups in total. The molecule has 1 fully saturated rings. The number of hydrogen-bond acceptors (Lipinski definition) is 2. The summed E-state index contributed by atoms with van der Waals surface area (Å²) in [5.41, 5.74) is 5.31. The fraction of sp³-hybridized carbons (Fsp3) is 0.909. The molecule has 0 bridgehead atoms. The van der Waals surface area contributed by atoms with Crippen LogP contribution in [0, 0.1) is 11.3 Å². The minimum atomic E-state index is -0.627. The van der Waals surface area contributed by atoms with Crippen LogP contribution in [-0.2, 0) is 4.79 Å². The van der Waals surface area contributed by atoms with E-state index in [9.17, 15) is 9.90 Å². The van der Waals surface area contributed by atoms with Gasteiger partial charge in [-0.05, 0) is 38.0 Å². The van der Waals surface area contributed by atoms with E-state index in [1.807, 2.05) is 0 Å². The molecular formula is C11H21NO2. The second-order valence-corrected chi connectivity index (χ2v) is 5.02. The van der Waals surface area contributed by atoms with Crippen LogP contribution in [0.2, 0.25) is 0 Å². The normalized spacial score (nSPS) is 33.3. The van der Waals surface area contributed by atoms with Gasteiger partial charge < -0.3 is 10.8 Å². The van der Waals surface area contributed by atoms with Crippen LogP contribution in [0.4, 0.5) is 0 Å². The first-order chi connectivity index (χ1) is 6.46. The highest BCUT2D eigenvalue weighted by molar-refractivity contribution is 5.74. The smallest absolute Gasteiger partial charge is 0.309 e. The summed E-state index contributed by atoms with van der Waals surface area (Å²) in [6.07, 6.45) is 4.01. The Hall–Kier alpha value is -0.570. The van der Waals surface area contributed by atoms with Crippen molar-refractivity contribution < 1.29 is 9.90 Å². The lowest BCUT2D eigenvalue weighted by Crippen LogP contribution is -2.40. The van der Waals surface area contributed by atoms with Crippen molar-refractivity contribution in [1.29, 1.82) is 0 Å². The van der Waals surface area contributed by atoms with Crippen LogP contribution in [0.25, 0.3) is 0 Å². The summed E-state index contributed by atoms with van der Waals surface area (Å²) in [6, 6.07) is 0.217. The zero-order valence-corrected chi connectivity index (χ0v) is 9.12. The SMILES string of the molecule is CC(C)CC1(C(=O)O)CCC(N)CC1. The van der Waals surface area contributed by atoms with Gasteiger partial charge in [-0.1, -0.05) is 13.8 Å². The number of aliphatic carboxylic acids is 1. The van der Waals surface area contributed by atoms with E-state index >= 15 is 0 Å². The third-order valence-corrected chi connectivity index (χ3v) is 3.24. The summed E-state index contributed by atoms with van der Waals surface area (Å²) in [5.74, 6) is -0.182. The molecule has 1 aliphatic carbocycles. The molecule has 0 saturated heterocycles. The molecule has 0 atom stereocenters. The van der Waals surface area contributed by atoms with Crippen LogP contribution in [0.3, 0.4) is 0 Å². The van der Waals surface area contributed by atoms with E-state index in [-0.39, 0.29) is 6.04 Å². The van der Waals surface area contributed by atoms with Crippen LogP contribution >= 0.6 is 0 Å². The molecule has 1 saturated carbocycles. The van der Waals surface area contributed by atoms with E-state index in [4.69, 9.17) is 5.73 Å². The van der Waals surface area contributed by atoms with Gasteiger partial charge in [0.15, 0.2) is 0 Å². The van der Waals surface area contributed by atoms with Gasteiger partial charge in [0.1, 0.15) is 0 Å². The van der Waals surface area contributed by atoms with Gasteiger partial charge >= 0.3 is 5.97 Å². The minimum Gasteiger partial charge on any atom is -0.481 e. The third kappa shape index (κ3) is 2.47. The molecule has 0 heterocycles. The molecule has 1 rings (SSSR count). The number of nitrogens with two attached hydrogens (primary N) is 1. The fourth-order valence-electron chi connectivity index (χ4n) is 2.48. The zero-order valence-electron chi connectivity index (χ0n) is 9.12. The Morgan fingerprint density at radius 2 is 2.00 bits per heavy atom. The lowest BCUT2D eigenvalue weighted by atomic mass is 9.68. The summed E-state index contributed by atoms with van der Waals surface area (Å²) >= 11 is 0. The highest BCUT2D eigenvalue weighted by Crippen LogP contribution is 2.41. The van der Waals surface area contributed by atoms with E-state index in [2.05, 4.69) is 13.8 Å². The highest BCUT2D eigenvalue weighted by atomic mass is 16.4. The zero-order chi connectivity index (χ0) is 10.8. The van der Waals surface area contributed by atoms with Crippen molar-refractivity contribution >= 4 is 5.97 Å². The second-order valence-electron chi connectivity index (χ2n) is 5.02. The Balaban J connectivity index is 2.68. The lowest BCUT2D eigenvalue weighted by Gasteiger charge is -2.36. The summed E-state index contributed by atoms with van der Waals surface area (Å²) in [5, 5.41) is 9.28. The van der Waals surface area contributed by atoms with Crippen LogP contribution in [0.5, 0.6) is 0 Å². The van der Waals surface area contributed by atoms with Crippen molar-refractivity contribution in [2.75, 3.05) is 0 Å². The Morgan fingerprint density at radius 1 is 1.50 bits per heavy atom. The Morgan fingerprint density at radius 3 is 2.36 bits per heavy atom. The van der Waals surface area contributed by atoms with Gasteiger partial charge in [0.05, 0.1) is 5.41 Å². The average molecular weight is 199 g/mol. The Bertz CT molecular complexity index is 205. The van der Waals surface area contributed by atoms with Gasteiger partial charge in [-0.25, -0.2) is 0 Å². The highest BCUT2D eigenvalue weighted by Gasteiger charge is 2.41. The van der Waals surface area contributed by atoms with Crippen molar-refractivity contribution in [2.45, 2.75) is 52.0 Å². The van der Waals surface area contributed by atoms with Gasteiger partial charge in [0.2, 0.25) is 0 Å². The van der Waals surface area contributed by atoms with Gasteiger partial charge in [-0.3, -0.25) is 4.79 Å². The third-order valence-electron chi connectivity index (χ3n) is 3.24. The number of carboxylic acids is 1. The Labute approximate surface area is 85.7 Å². The molecule has 0 radical (unpaired) electrons. The predicted octanol–water partition coefficient (Wildman–Crippen LogP) is 2.00. The van der Waals surface area contributed by atoms with E-state index in [0.29, 0.717) is 5.92 Å². The molecule has 0 aromatic heterocycles. The first kappa shape index (κ1) is 11.5. The van der Waals surface area contributed by atoms with Crippen molar-refractivity contribution in [1.82, 2.24) is 0 Å². The predicted molar refractivity (Wildman–Crippen MR) is 56.0 cm³/mol. The molecular weight excluding hydrogens is 178 g/mol. The molecule has 0 aromatic carbocycles. The maximum atomic E-state index is 11.3. The van der Waals surface area contributed by atoms with E-state index in [0.717, 1.165) is 32.1 Å². The summed E-state index contributed by atoms with van der Waals surface area (Å²) in [6.45, 7) is 4.17. The second kappa shape index (κ2) is 4.30. The topological polar surface area (TPSA) is 63.3 Å². The van der Waals surface area contributed by atoms with Crippen molar-refractivity contribution in [3.05, 3.63) is 0 Å². The number of carboxylic acid groups (broad SMARTS) is 1. The van der Waals surface area contributed by atoms with E-state index in [1.165, 1.54) is 0 Å². The molecule has 14 heavy (non-hydrogen) atoms. The quantitative estimate of drug-likeness (QED) is 0.730. The number of carbonyl (C=O) groups is 1. The largest absolute Gasteiger partial charge is 0.481 e.